The minimum Gasteiger partial charge on any atom is -0.353 e. The average Bonchev–Trinajstić information content (AvgIpc) is 2.94. The zero-order valence-electron chi connectivity index (χ0n) is 16.4. The van der Waals surface area contributed by atoms with Crippen molar-refractivity contribution in [2.75, 3.05) is 28.3 Å². The molecule has 0 aliphatic carbocycles. The number of aromatic nitrogens is 2. The molecule has 1 aromatic heterocycles. The lowest BCUT2D eigenvalue weighted by Gasteiger charge is -2.29. The third kappa shape index (κ3) is 4.97. The second-order valence-corrected chi connectivity index (χ2v) is 10.2. The van der Waals surface area contributed by atoms with E-state index in [1.165, 1.54) is 0 Å². The Morgan fingerprint density at radius 3 is 2.44 bits per heavy atom. The lowest BCUT2D eigenvalue weighted by Crippen LogP contribution is -2.37. The number of hydrogen-bond acceptors (Lipinski definition) is 6. The van der Waals surface area contributed by atoms with Crippen molar-refractivity contribution in [2.24, 2.45) is 0 Å². The summed E-state index contributed by atoms with van der Waals surface area (Å²) in [4.78, 5) is 11.5. The van der Waals surface area contributed by atoms with Crippen molar-refractivity contribution in [3.63, 3.8) is 0 Å². The average molecular weight is 389 g/mol. The van der Waals surface area contributed by atoms with Crippen LogP contribution >= 0.6 is 0 Å². The molecule has 1 aliphatic heterocycles. The van der Waals surface area contributed by atoms with Gasteiger partial charge in [0.15, 0.2) is 9.84 Å². The fourth-order valence-corrected chi connectivity index (χ4v) is 5.09. The minimum absolute atomic E-state index is 0.0407. The topological polar surface area (TPSA) is 75.2 Å². The predicted molar refractivity (Wildman–Crippen MR) is 111 cm³/mol. The van der Waals surface area contributed by atoms with Crippen LogP contribution < -0.4 is 10.2 Å². The van der Waals surface area contributed by atoms with E-state index in [1.54, 1.807) is 0 Å². The quantitative estimate of drug-likeness (QED) is 0.846. The Labute approximate surface area is 162 Å². The van der Waals surface area contributed by atoms with Gasteiger partial charge in [0.2, 0.25) is 5.95 Å². The van der Waals surface area contributed by atoms with Crippen molar-refractivity contribution in [1.82, 2.24) is 9.97 Å². The number of benzene rings is 1. The maximum atomic E-state index is 12.0. The molecule has 1 saturated heterocycles. The van der Waals surface area contributed by atoms with Crippen molar-refractivity contribution < 1.29 is 8.42 Å². The summed E-state index contributed by atoms with van der Waals surface area (Å²) in [5, 5.41) is 3.35. The van der Waals surface area contributed by atoms with Crippen LogP contribution in [0.5, 0.6) is 0 Å². The van der Waals surface area contributed by atoms with Gasteiger partial charge in [-0.1, -0.05) is 30.3 Å². The third-order valence-corrected chi connectivity index (χ3v) is 6.30. The van der Waals surface area contributed by atoms with Gasteiger partial charge in [0.25, 0.3) is 0 Å². The number of nitrogens with one attached hydrogen (secondary N) is 1. The van der Waals surface area contributed by atoms with Gasteiger partial charge in [-0.05, 0) is 34.1 Å². The molecule has 0 bridgehead atoms. The summed E-state index contributed by atoms with van der Waals surface area (Å²) in [6.45, 7) is 8.91. The molecule has 1 aromatic carbocycles. The summed E-state index contributed by atoms with van der Waals surface area (Å²) in [7, 11) is -2.96. The Hall–Kier alpha value is -2.15. The largest absolute Gasteiger partial charge is 0.353 e. The van der Waals surface area contributed by atoms with Gasteiger partial charge in [0.1, 0.15) is 5.82 Å². The molecule has 0 saturated carbocycles. The van der Waals surface area contributed by atoms with Gasteiger partial charge in [0, 0.05) is 29.8 Å². The Morgan fingerprint density at radius 2 is 1.89 bits per heavy atom. The second-order valence-electron chi connectivity index (χ2n) is 8.02. The Bertz CT molecular complexity index is 892. The lowest BCUT2D eigenvalue weighted by atomic mass is 10.1. The van der Waals surface area contributed by atoms with E-state index in [9.17, 15) is 8.42 Å². The van der Waals surface area contributed by atoms with Gasteiger partial charge in [-0.2, -0.15) is 4.98 Å². The van der Waals surface area contributed by atoms with E-state index in [0.29, 0.717) is 18.9 Å². The molecule has 0 spiro atoms. The summed E-state index contributed by atoms with van der Waals surface area (Å²) in [6, 6.07) is 11.9. The van der Waals surface area contributed by atoms with Crippen LogP contribution in [-0.4, -0.2) is 48.0 Å². The summed E-state index contributed by atoms with van der Waals surface area (Å²) < 4.78 is 23.9. The van der Waals surface area contributed by atoms with E-state index in [1.807, 2.05) is 43.3 Å². The zero-order chi connectivity index (χ0) is 19.7. The van der Waals surface area contributed by atoms with Gasteiger partial charge >= 0.3 is 0 Å². The van der Waals surface area contributed by atoms with Gasteiger partial charge in [0.05, 0.1) is 17.2 Å². The Morgan fingerprint density at radius 1 is 1.19 bits per heavy atom. The molecule has 146 valence electrons. The van der Waals surface area contributed by atoms with Crippen molar-refractivity contribution in [1.29, 1.82) is 0 Å². The normalized spacial score (nSPS) is 19.0. The maximum absolute atomic E-state index is 12.0. The molecule has 1 atom stereocenters. The molecule has 3 rings (SSSR count). The smallest absolute Gasteiger partial charge is 0.225 e. The molecule has 1 fully saturated rings. The SMILES string of the molecule is CCN(c1cc(-c2ccccc2)nc(NC(C)(C)C)n1)C1CCS(=O)(=O)C1. The molecule has 1 unspecified atom stereocenters. The molecule has 7 heteroatoms. The molecular formula is C20H28N4O2S. The van der Waals surface area contributed by atoms with E-state index < -0.39 is 9.84 Å². The van der Waals surface area contributed by atoms with Crippen LogP contribution in [0.15, 0.2) is 36.4 Å². The first kappa shape index (κ1) is 19.6. The summed E-state index contributed by atoms with van der Waals surface area (Å²) in [5.74, 6) is 1.75. The highest BCUT2D eigenvalue weighted by molar-refractivity contribution is 7.91. The van der Waals surface area contributed by atoms with Crippen molar-refractivity contribution >= 4 is 21.6 Å². The Balaban J connectivity index is 2.03. The van der Waals surface area contributed by atoms with Crippen molar-refractivity contribution in [3.8, 4) is 11.3 Å². The minimum atomic E-state index is -2.96. The first-order valence-corrected chi connectivity index (χ1v) is 11.2. The highest BCUT2D eigenvalue weighted by atomic mass is 32.2. The van der Waals surface area contributed by atoms with E-state index in [2.05, 4.69) is 31.0 Å². The van der Waals surface area contributed by atoms with Crippen LogP contribution in [0.1, 0.15) is 34.1 Å². The number of rotatable bonds is 5. The highest BCUT2D eigenvalue weighted by Crippen LogP contribution is 2.28. The van der Waals surface area contributed by atoms with E-state index in [-0.39, 0.29) is 23.1 Å². The number of nitrogens with zero attached hydrogens (tertiary/aromatic N) is 3. The van der Waals surface area contributed by atoms with Crippen LogP contribution in [0, 0.1) is 0 Å². The van der Waals surface area contributed by atoms with E-state index in [4.69, 9.17) is 9.97 Å². The van der Waals surface area contributed by atoms with E-state index in [0.717, 1.165) is 17.1 Å². The van der Waals surface area contributed by atoms with Crippen LogP contribution in [-0.2, 0) is 9.84 Å². The summed E-state index contributed by atoms with van der Waals surface area (Å²) in [5.41, 5.74) is 1.65. The predicted octanol–water partition coefficient (Wildman–Crippen LogP) is 3.37. The number of anilines is 2. The molecule has 1 aliphatic rings. The number of hydrogen-bond donors (Lipinski definition) is 1. The third-order valence-electron chi connectivity index (χ3n) is 4.55. The molecule has 2 aromatic rings. The molecule has 27 heavy (non-hydrogen) atoms. The molecule has 0 amide bonds. The second kappa shape index (κ2) is 7.46. The monoisotopic (exact) mass is 388 g/mol. The van der Waals surface area contributed by atoms with Crippen LogP contribution in [0.4, 0.5) is 11.8 Å². The van der Waals surface area contributed by atoms with Crippen LogP contribution in [0.3, 0.4) is 0 Å². The summed E-state index contributed by atoms with van der Waals surface area (Å²) in [6.07, 6.45) is 0.642. The summed E-state index contributed by atoms with van der Waals surface area (Å²) >= 11 is 0. The first-order valence-electron chi connectivity index (χ1n) is 9.36. The highest BCUT2D eigenvalue weighted by Gasteiger charge is 2.32. The Kier molecular flexibility index (Phi) is 5.42. The lowest BCUT2D eigenvalue weighted by molar-refractivity contribution is 0.599. The molecule has 1 N–H and O–H groups in total. The molecule has 2 heterocycles. The maximum Gasteiger partial charge on any atom is 0.225 e. The van der Waals surface area contributed by atoms with Gasteiger partial charge in [-0.3, -0.25) is 0 Å². The number of sulfone groups is 1. The zero-order valence-corrected chi connectivity index (χ0v) is 17.3. The van der Waals surface area contributed by atoms with Gasteiger partial charge in [-0.25, -0.2) is 13.4 Å². The van der Waals surface area contributed by atoms with E-state index >= 15 is 0 Å². The first-order chi connectivity index (χ1) is 12.7. The van der Waals surface area contributed by atoms with Gasteiger partial charge in [-0.15, -0.1) is 0 Å². The standard InChI is InChI=1S/C20H28N4O2S/c1-5-24(16-11-12-27(25,26)14-16)18-13-17(15-9-7-6-8-10-15)21-19(22-18)23-20(2,3)4/h6-10,13,16H,5,11-12,14H2,1-4H3,(H,21,22,23). The fourth-order valence-electron chi connectivity index (χ4n) is 3.36. The van der Waals surface area contributed by atoms with Gasteiger partial charge < -0.3 is 10.2 Å². The fraction of sp³-hybridized carbons (Fsp3) is 0.500. The molecular weight excluding hydrogens is 360 g/mol. The van der Waals surface area contributed by atoms with Crippen molar-refractivity contribution in [2.45, 2.75) is 45.7 Å². The van der Waals surface area contributed by atoms with Crippen LogP contribution in [0.2, 0.25) is 0 Å². The van der Waals surface area contributed by atoms with Crippen LogP contribution in [0.25, 0.3) is 11.3 Å². The van der Waals surface area contributed by atoms with Crippen molar-refractivity contribution in [3.05, 3.63) is 36.4 Å². The molecule has 6 nitrogen and oxygen atoms in total. The molecule has 0 radical (unpaired) electrons.